The van der Waals surface area contributed by atoms with Crippen molar-refractivity contribution in [2.45, 2.75) is 13.5 Å². The molecule has 5 nitrogen and oxygen atoms in total. The van der Waals surface area contributed by atoms with Gasteiger partial charge in [-0.2, -0.15) is 5.26 Å². The SMILES string of the molecule is CCOC(=O)c1ccc(C(=O)N(C#N)Cc2ccccc2)cc1. The minimum Gasteiger partial charge on any atom is -0.462 e. The van der Waals surface area contributed by atoms with E-state index in [4.69, 9.17) is 4.74 Å². The van der Waals surface area contributed by atoms with Gasteiger partial charge >= 0.3 is 5.97 Å². The van der Waals surface area contributed by atoms with Crippen LogP contribution in [0.2, 0.25) is 0 Å². The molecule has 2 aromatic rings. The lowest BCUT2D eigenvalue weighted by atomic mass is 10.1. The number of amides is 1. The molecule has 0 atom stereocenters. The molecule has 0 fully saturated rings. The molecule has 0 aliphatic carbocycles. The zero-order chi connectivity index (χ0) is 16.7. The van der Waals surface area contributed by atoms with Crippen molar-refractivity contribution >= 4 is 11.9 Å². The van der Waals surface area contributed by atoms with E-state index in [0.29, 0.717) is 17.7 Å². The molecule has 2 aromatic carbocycles. The minimum atomic E-state index is -0.437. The first-order valence-electron chi connectivity index (χ1n) is 7.18. The molecule has 2 rings (SSSR count). The molecule has 0 aliphatic rings. The van der Waals surface area contributed by atoms with Crippen LogP contribution in [0.15, 0.2) is 54.6 Å². The molecule has 116 valence electrons. The first kappa shape index (κ1) is 16.2. The van der Waals surface area contributed by atoms with E-state index >= 15 is 0 Å². The monoisotopic (exact) mass is 308 g/mol. The topological polar surface area (TPSA) is 70.4 Å². The fourth-order valence-corrected chi connectivity index (χ4v) is 2.04. The van der Waals surface area contributed by atoms with Crippen molar-refractivity contribution in [1.82, 2.24) is 4.90 Å². The molecule has 0 saturated heterocycles. The van der Waals surface area contributed by atoms with E-state index in [-0.39, 0.29) is 6.54 Å². The molecule has 0 spiro atoms. The number of carbonyl (C=O) groups is 2. The Labute approximate surface area is 134 Å². The van der Waals surface area contributed by atoms with Crippen molar-refractivity contribution in [1.29, 1.82) is 5.26 Å². The molecule has 0 heterocycles. The van der Waals surface area contributed by atoms with Crippen LogP contribution in [0.1, 0.15) is 33.2 Å². The number of hydrogen-bond acceptors (Lipinski definition) is 4. The number of ether oxygens (including phenoxy) is 1. The fraction of sp³-hybridized carbons (Fsp3) is 0.167. The van der Waals surface area contributed by atoms with Gasteiger partial charge in [0.05, 0.1) is 18.7 Å². The molecule has 0 N–H and O–H groups in total. The zero-order valence-corrected chi connectivity index (χ0v) is 12.7. The number of benzene rings is 2. The van der Waals surface area contributed by atoms with Gasteiger partial charge in [-0.25, -0.2) is 9.69 Å². The number of carbonyl (C=O) groups excluding carboxylic acids is 2. The third-order valence-corrected chi connectivity index (χ3v) is 3.19. The summed E-state index contributed by atoms with van der Waals surface area (Å²) in [5, 5.41) is 9.21. The van der Waals surface area contributed by atoms with Gasteiger partial charge in [0, 0.05) is 5.56 Å². The van der Waals surface area contributed by atoms with E-state index < -0.39 is 11.9 Å². The molecule has 1 amide bonds. The molecule has 0 bridgehead atoms. The van der Waals surface area contributed by atoms with Gasteiger partial charge in [-0.3, -0.25) is 4.79 Å². The van der Waals surface area contributed by atoms with Crippen LogP contribution in [0.3, 0.4) is 0 Å². The lowest BCUT2D eigenvalue weighted by Gasteiger charge is -2.14. The maximum Gasteiger partial charge on any atom is 0.338 e. The Morgan fingerprint density at radius 1 is 1.04 bits per heavy atom. The molecule has 0 radical (unpaired) electrons. The Bertz CT molecular complexity index is 718. The maximum absolute atomic E-state index is 12.4. The van der Waals surface area contributed by atoms with Gasteiger partial charge in [-0.15, -0.1) is 0 Å². The third kappa shape index (κ3) is 4.17. The Balaban J connectivity index is 2.12. The highest BCUT2D eigenvalue weighted by Gasteiger charge is 2.16. The fourth-order valence-electron chi connectivity index (χ4n) is 2.04. The number of nitriles is 1. The quantitative estimate of drug-likeness (QED) is 0.483. The maximum atomic E-state index is 12.4. The normalized spacial score (nSPS) is 9.74. The van der Waals surface area contributed by atoms with E-state index in [9.17, 15) is 14.9 Å². The number of hydrogen-bond donors (Lipinski definition) is 0. The van der Waals surface area contributed by atoms with E-state index in [1.54, 1.807) is 6.92 Å². The van der Waals surface area contributed by atoms with Crippen LogP contribution in [-0.4, -0.2) is 23.4 Å². The van der Waals surface area contributed by atoms with Gasteiger partial charge in [-0.1, -0.05) is 30.3 Å². The van der Waals surface area contributed by atoms with Crippen molar-refractivity contribution in [3.8, 4) is 6.19 Å². The Morgan fingerprint density at radius 2 is 1.65 bits per heavy atom. The van der Waals surface area contributed by atoms with Crippen LogP contribution >= 0.6 is 0 Å². The summed E-state index contributed by atoms with van der Waals surface area (Å²) in [5.41, 5.74) is 1.58. The van der Waals surface area contributed by atoms with Gasteiger partial charge in [0.1, 0.15) is 0 Å². The summed E-state index contributed by atoms with van der Waals surface area (Å²) in [4.78, 5) is 25.0. The Hall–Kier alpha value is -3.13. The molecular weight excluding hydrogens is 292 g/mol. The summed E-state index contributed by atoms with van der Waals surface area (Å²) >= 11 is 0. The third-order valence-electron chi connectivity index (χ3n) is 3.19. The Kier molecular flexibility index (Phi) is 5.48. The van der Waals surface area contributed by atoms with Crippen molar-refractivity contribution in [3.63, 3.8) is 0 Å². The molecule has 0 saturated carbocycles. The van der Waals surface area contributed by atoms with Crippen LogP contribution in [0.4, 0.5) is 0 Å². The lowest BCUT2D eigenvalue weighted by molar-refractivity contribution is 0.0526. The van der Waals surface area contributed by atoms with E-state index in [1.807, 2.05) is 36.5 Å². The zero-order valence-electron chi connectivity index (χ0n) is 12.7. The number of esters is 1. The molecule has 5 heteroatoms. The first-order valence-corrected chi connectivity index (χ1v) is 7.18. The number of nitrogens with zero attached hydrogens (tertiary/aromatic N) is 2. The average Bonchev–Trinajstić information content (AvgIpc) is 2.60. The van der Waals surface area contributed by atoms with Gasteiger partial charge in [0.15, 0.2) is 6.19 Å². The van der Waals surface area contributed by atoms with Crippen LogP contribution in [0.5, 0.6) is 0 Å². The highest BCUT2D eigenvalue weighted by atomic mass is 16.5. The van der Waals surface area contributed by atoms with Crippen molar-refractivity contribution in [3.05, 3.63) is 71.3 Å². The predicted molar refractivity (Wildman–Crippen MR) is 84.3 cm³/mol. The summed E-state index contributed by atoms with van der Waals surface area (Å²) in [6, 6.07) is 15.3. The molecule has 23 heavy (non-hydrogen) atoms. The van der Waals surface area contributed by atoms with E-state index in [0.717, 1.165) is 10.5 Å². The number of rotatable bonds is 5. The van der Waals surface area contributed by atoms with Gasteiger partial charge < -0.3 is 4.74 Å². The second-order valence-corrected chi connectivity index (χ2v) is 4.77. The van der Waals surface area contributed by atoms with Gasteiger partial charge in [0.25, 0.3) is 5.91 Å². The highest BCUT2D eigenvalue weighted by Crippen LogP contribution is 2.11. The molecule has 0 unspecified atom stereocenters. The van der Waals surface area contributed by atoms with Crippen LogP contribution in [0, 0.1) is 11.5 Å². The predicted octanol–water partition coefficient (Wildman–Crippen LogP) is 2.99. The lowest BCUT2D eigenvalue weighted by Crippen LogP contribution is -2.25. The van der Waals surface area contributed by atoms with Crippen LogP contribution in [-0.2, 0) is 11.3 Å². The molecule has 0 aliphatic heterocycles. The van der Waals surface area contributed by atoms with Crippen LogP contribution in [0.25, 0.3) is 0 Å². The highest BCUT2D eigenvalue weighted by molar-refractivity contribution is 5.96. The smallest absolute Gasteiger partial charge is 0.338 e. The van der Waals surface area contributed by atoms with E-state index in [2.05, 4.69) is 0 Å². The van der Waals surface area contributed by atoms with Crippen molar-refractivity contribution in [2.24, 2.45) is 0 Å². The molecular formula is C18H16N2O3. The van der Waals surface area contributed by atoms with Gasteiger partial charge in [0.2, 0.25) is 0 Å². The largest absolute Gasteiger partial charge is 0.462 e. The summed E-state index contributed by atoms with van der Waals surface area (Å²) in [7, 11) is 0. The summed E-state index contributed by atoms with van der Waals surface area (Å²) < 4.78 is 4.89. The summed E-state index contributed by atoms with van der Waals surface area (Å²) in [6.07, 6.45) is 1.90. The molecule has 0 aromatic heterocycles. The average molecular weight is 308 g/mol. The standard InChI is InChI=1S/C18H16N2O3/c1-2-23-18(22)16-10-8-15(9-11-16)17(21)20(13-19)12-14-6-4-3-5-7-14/h3-11H,2,12H2,1H3. The second-order valence-electron chi connectivity index (χ2n) is 4.77. The van der Waals surface area contributed by atoms with Crippen LogP contribution < -0.4 is 0 Å². The Morgan fingerprint density at radius 3 is 2.22 bits per heavy atom. The first-order chi connectivity index (χ1) is 11.2. The van der Waals surface area contributed by atoms with Gasteiger partial charge in [-0.05, 0) is 36.8 Å². The van der Waals surface area contributed by atoms with E-state index in [1.165, 1.54) is 24.3 Å². The second kappa shape index (κ2) is 7.76. The van der Waals surface area contributed by atoms with Crippen molar-refractivity contribution in [2.75, 3.05) is 6.61 Å². The minimum absolute atomic E-state index is 0.204. The summed E-state index contributed by atoms with van der Waals surface area (Å²) in [5.74, 6) is -0.848. The summed E-state index contributed by atoms with van der Waals surface area (Å²) in [6.45, 7) is 2.22. The van der Waals surface area contributed by atoms with Crippen molar-refractivity contribution < 1.29 is 14.3 Å².